The fourth-order valence-electron chi connectivity index (χ4n) is 2.72. The summed E-state index contributed by atoms with van der Waals surface area (Å²) in [6, 6.07) is 17.2. The number of rotatable bonds is 4. The maximum atomic E-state index is 6.02. The Balaban J connectivity index is 1.80. The molecule has 2 aromatic rings. The number of benzene rings is 2. The first kappa shape index (κ1) is 13.3. The maximum absolute atomic E-state index is 6.02. The first-order valence-electron chi connectivity index (χ1n) is 7.30. The van der Waals surface area contributed by atoms with Gasteiger partial charge in [-0.3, -0.25) is 0 Å². The maximum Gasteiger partial charge on any atom is 0.0727 e. The normalized spacial score (nSPS) is 18.4. The molecule has 1 atom stereocenters. The molecule has 0 aliphatic carbocycles. The van der Waals surface area contributed by atoms with Gasteiger partial charge in [-0.15, -0.1) is 0 Å². The fourth-order valence-corrected chi connectivity index (χ4v) is 2.72. The molecule has 20 heavy (non-hydrogen) atoms. The highest BCUT2D eigenvalue weighted by molar-refractivity contribution is 5.67. The Morgan fingerprint density at radius 3 is 2.85 bits per heavy atom. The molecule has 1 aliphatic rings. The van der Waals surface area contributed by atoms with Gasteiger partial charge < -0.3 is 10.1 Å². The molecule has 0 spiro atoms. The number of hydrogen-bond acceptors (Lipinski definition) is 2. The molecule has 1 fully saturated rings. The molecule has 0 amide bonds. The summed E-state index contributed by atoms with van der Waals surface area (Å²) in [7, 11) is 0. The lowest BCUT2D eigenvalue weighted by molar-refractivity contribution is 0.0545. The molecular formula is C18H21NO. The molecule has 0 aromatic heterocycles. The van der Waals surface area contributed by atoms with Crippen LogP contribution in [0.4, 0.5) is 0 Å². The summed E-state index contributed by atoms with van der Waals surface area (Å²) in [6.07, 6.45) is 1.48. The molecule has 104 valence electrons. The second-order valence-electron chi connectivity index (χ2n) is 5.45. The van der Waals surface area contributed by atoms with Gasteiger partial charge in [0.25, 0.3) is 0 Å². The molecule has 2 heteroatoms. The molecule has 1 heterocycles. The van der Waals surface area contributed by atoms with Crippen LogP contribution in [0.1, 0.15) is 17.5 Å². The molecule has 1 aliphatic heterocycles. The topological polar surface area (TPSA) is 21.3 Å². The van der Waals surface area contributed by atoms with E-state index in [9.17, 15) is 0 Å². The first-order chi connectivity index (χ1) is 9.83. The molecule has 3 rings (SSSR count). The van der Waals surface area contributed by atoms with Crippen molar-refractivity contribution in [2.45, 2.75) is 26.1 Å². The van der Waals surface area contributed by atoms with Gasteiger partial charge in [-0.2, -0.15) is 0 Å². The van der Waals surface area contributed by atoms with Gasteiger partial charge in [-0.1, -0.05) is 54.1 Å². The van der Waals surface area contributed by atoms with Gasteiger partial charge in [0.05, 0.1) is 12.7 Å². The van der Waals surface area contributed by atoms with E-state index < -0.39 is 0 Å². The van der Waals surface area contributed by atoms with Crippen molar-refractivity contribution >= 4 is 0 Å². The average Bonchev–Trinajstić information content (AvgIpc) is 2.99. The first-order valence-corrected chi connectivity index (χ1v) is 7.30. The van der Waals surface area contributed by atoms with Crippen molar-refractivity contribution in [1.82, 2.24) is 5.32 Å². The number of aryl methyl sites for hydroxylation is 1. The summed E-state index contributed by atoms with van der Waals surface area (Å²) >= 11 is 0. The van der Waals surface area contributed by atoms with Crippen LogP contribution in [0, 0.1) is 6.92 Å². The summed E-state index contributed by atoms with van der Waals surface area (Å²) < 4.78 is 6.02. The van der Waals surface area contributed by atoms with Gasteiger partial charge in [0, 0.05) is 6.54 Å². The molecule has 0 bridgehead atoms. The van der Waals surface area contributed by atoms with Gasteiger partial charge in [0.1, 0.15) is 0 Å². The smallest absolute Gasteiger partial charge is 0.0727 e. The minimum absolute atomic E-state index is 0.362. The summed E-state index contributed by atoms with van der Waals surface area (Å²) in [6.45, 7) is 4.88. The van der Waals surface area contributed by atoms with Crippen LogP contribution in [-0.2, 0) is 11.3 Å². The van der Waals surface area contributed by atoms with Crippen molar-refractivity contribution in [3.63, 3.8) is 0 Å². The molecule has 2 nitrogen and oxygen atoms in total. The quantitative estimate of drug-likeness (QED) is 0.915. The average molecular weight is 267 g/mol. The van der Waals surface area contributed by atoms with Crippen LogP contribution in [0.2, 0.25) is 0 Å². The zero-order valence-corrected chi connectivity index (χ0v) is 11.9. The van der Waals surface area contributed by atoms with Gasteiger partial charge in [0.2, 0.25) is 0 Å². The highest BCUT2D eigenvalue weighted by atomic mass is 16.5. The van der Waals surface area contributed by atoms with E-state index in [0.717, 1.165) is 19.5 Å². The van der Waals surface area contributed by atoms with Crippen molar-refractivity contribution in [3.05, 3.63) is 59.7 Å². The summed E-state index contributed by atoms with van der Waals surface area (Å²) in [5.74, 6) is 0. The number of ether oxygens (including phenoxy) is 1. The molecule has 0 saturated carbocycles. The minimum Gasteiger partial charge on any atom is -0.372 e. The van der Waals surface area contributed by atoms with E-state index in [4.69, 9.17) is 4.74 Å². The molecule has 1 saturated heterocycles. The van der Waals surface area contributed by atoms with Gasteiger partial charge in [-0.05, 0) is 36.6 Å². The molecule has 1 N–H and O–H groups in total. The van der Waals surface area contributed by atoms with E-state index in [1.54, 1.807) is 0 Å². The monoisotopic (exact) mass is 267 g/mol. The van der Waals surface area contributed by atoms with Crippen molar-refractivity contribution in [1.29, 1.82) is 0 Å². The lowest BCUT2D eigenvalue weighted by Crippen LogP contribution is -2.16. The highest BCUT2D eigenvalue weighted by Crippen LogP contribution is 2.25. The van der Waals surface area contributed by atoms with Crippen LogP contribution < -0.4 is 5.32 Å². The van der Waals surface area contributed by atoms with Crippen LogP contribution in [0.25, 0.3) is 11.1 Å². The van der Waals surface area contributed by atoms with Crippen molar-refractivity contribution in [2.24, 2.45) is 0 Å². The third-order valence-electron chi connectivity index (χ3n) is 3.84. The van der Waals surface area contributed by atoms with E-state index in [0.29, 0.717) is 12.7 Å². The highest BCUT2D eigenvalue weighted by Gasteiger charge is 2.15. The zero-order chi connectivity index (χ0) is 13.8. The Bertz CT molecular complexity index is 573. The van der Waals surface area contributed by atoms with Crippen LogP contribution >= 0.6 is 0 Å². The Labute approximate surface area is 120 Å². The van der Waals surface area contributed by atoms with Crippen LogP contribution in [0.3, 0.4) is 0 Å². The van der Waals surface area contributed by atoms with Crippen molar-refractivity contribution in [2.75, 3.05) is 13.1 Å². The molecule has 1 unspecified atom stereocenters. The van der Waals surface area contributed by atoms with E-state index in [1.165, 1.54) is 22.3 Å². The standard InChI is InChI=1S/C18H21NO/c1-14-5-4-7-15(11-14)18-8-3-2-6-16(18)13-20-17-9-10-19-12-17/h2-8,11,17,19H,9-10,12-13H2,1H3. The molecule has 2 aromatic carbocycles. The van der Waals surface area contributed by atoms with E-state index in [-0.39, 0.29) is 0 Å². The predicted molar refractivity (Wildman–Crippen MR) is 82.7 cm³/mol. The Morgan fingerprint density at radius 2 is 2.05 bits per heavy atom. The van der Waals surface area contributed by atoms with Crippen molar-refractivity contribution in [3.8, 4) is 11.1 Å². The van der Waals surface area contributed by atoms with Crippen LogP contribution in [0.15, 0.2) is 48.5 Å². The van der Waals surface area contributed by atoms with Crippen molar-refractivity contribution < 1.29 is 4.74 Å². The van der Waals surface area contributed by atoms with Gasteiger partial charge in [-0.25, -0.2) is 0 Å². The number of nitrogens with one attached hydrogen (secondary N) is 1. The number of hydrogen-bond donors (Lipinski definition) is 1. The van der Waals surface area contributed by atoms with Crippen LogP contribution in [0.5, 0.6) is 0 Å². The van der Waals surface area contributed by atoms with E-state index in [2.05, 4.69) is 60.8 Å². The lowest BCUT2D eigenvalue weighted by Gasteiger charge is -2.14. The third kappa shape index (κ3) is 3.09. The second-order valence-corrected chi connectivity index (χ2v) is 5.45. The Kier molecular flexibility index (Phi) is 4.14. The summed E-state index contributed by atoms with van der Waals surface area (Å²) in [5.41, 5.74) is 5.11. The molecule has 0 radical (unpaired) electrons. The summed E-state index contributed by atoms with van der Waals surface area (Å²) in [5, 5.41) is 3.34. The predicted octanol–water partition coefficient (Wildman–Crippen LogP) is 3.54. The van der Waals surface area contributed by atoms with E-state index in [1.807, 2.05) is 0 Å². The largest absolute Gasteiger partial charge is 0.372 e. The minimum atomic E-state index is 0.362. The van der Waals surface area contributed by atoms with E-state index >= 15 is 0 Å². The fraction of sp³-hybridized carbons (Fsp3) is 0.333. The summed E-state index contributed by atoms with van der Waals surface area (Å²) in [4.78, 5) is 0. The van der Waals surface area contributed by atoms with Crippen LogP contribution in [-0.4, -0.2) is 19.2 Å². The Hall–Kier alpha value is -1.64. The van der Waals surface area contributed by atoms with Gasteiger partial charge in [0.15, 0.2) is 0 Å². The third-order valence-corrected chi connectivity index (χ3v) is 3.84. The van der Waals surface area contributed by atoms with Gasteiger partial charge >= 0.3 is 0 Å². The lowest BCUT2D eigenvalue weighted by atomic mass is 9.99. The zero-order valence-electron chi connectivity index (χ0n) is 11.9. The SMILES string of the molecule is Cc1cccc(-c2ccccc2COC2CCNC2)c1. The second kappa shape index (κ2) is 6.21. The Morgan fingerprint density at radius 1 is 1.15 bits per heavy atom. The molecular weight excluding hydrogens is 246 g/mol.